The molecule has 0 aromatic heterocycles. The molecular weight excluding hydrogens is 286 g/mol. The second kappa shape index (κ2) is 6.34. The molecule has 0 unspecified atom stereocenters. The van der Waals surface area contributed by atoms with Crippen LogP contribution >= 0.6 is 0 Å². The Morgan fingerprint density at radius 1 is 1.05 bits per heavy atom. The quantitative estimate of drug-likeness (QED) is 0.846. The fraction of sp³-hybridized carbons (Fsp3) is 0.600. The lowest BCUT2D eigenvalue weighted by Gasteiger charge is -2.26. The number of rotatable bonds is 6. The fourth-order valence-corrected chi connectivity index (χ4v) is 3.86. The number of anilines is 1. The predicted octanol–water partition coefficient (Wildman–Crippen LogP) is 2.08. The van der Waals surface area contributed by atoms with Crippen LogP contribution in [0.2, 0.25) is 0 Å². The highest BCUT2D eigenvalue weighted by Crippen LogP contribution is 2.20. The molecule has 21 heavy (non-hydrogen) atoms. The van der Waals surface area contributed by atoms with Gasteiger partial charge in [0.1, 0.15) is 0 Å². The van der Waals surface area contributed by atoms with E-state index in [0.29, 0.717) is 24.8 Å². The third-order valence-corrected chi connectivity index (χ3v) is 5.57. The average Bonchev–Trinajstić information content (AvgIpc) is 3.31. The van der Waals surface area contributed by atoms with Gasteiger partial charge in [0.2, 0.25) is 0 Å². The van der Waals surface area contributed by atoms with Crippen LogP contribution in [0, 0.1) is 0 Å². The minimum atomic E-state index is -3.40. The van der Waals surface area contributed by atoms with Crippen LogP contribution in [0.25, 0.3) is 0 Å². The molecule has 0 spiro atoms. The van der Waals surface area contributed by atoms with Gasteiger partial charge >= 0.3 is 10.2 Å². The van der Waals surface area contributed by atoms with E-state index in [9.17, 15) is 8.42 Å². The number of hydrogen-bond acceptors (Lipinski definition) is 3. The summed E-state index contributed by atoms with van der Waals surface area (Å²) in [5.74, 6) is 0. The molecule has 2 fully saturated rings. The lowest BCUT2D eigenvalue weighted by molar-refractivity contribution is 0.349. The van der Waals surface area contributed by atoms with Gasteiger partial charge in [-0.05, 0) is 43.4 Å². The zero-order valence-corrected chi connectivity index (χ0v) is 13.0. The van der Waals surface area contributed by atoms with Gasteiger partial charge in [-0.1, -0.05) is 18.6 Å². The van der Waals surface area contributed by atoms with Crippen LogP contribution in [0.5, 0.6) is 0 Å². The Kier molecular flexibility index (Phi) is 4.47. The van der Waals surface area contributed by atoms with E-state index in [1.165, 1.54) is 18.4 Å². The van der Waals surface area contributed by atoms with Gasteiger partial charge < -0.3 is 5.32 Å². The molecule has 2 aliphatic rings. The first-order chi connectivity index (χ1) is 10.1. The van der Waals surface area contributed by atoms with Crippen LogP contribution < -0.4 is 10.0 Å². The highest BCUT2D eigenvalue weighted by Gasteiger charge is 2.23. The SMILES string of the molecule is O=S(=O)(Nc1ccc(CNC2CC2)cc1)N1CCCCC1. The lowest BCUT2D eigenvalue weighted by Crippen LogP contribution is -2.39. The van der Waals surface area contributed by atoms with E-state index in [1.807, 2.05) is 24.3 Å². The summed E-state index contributed by atoms with van der Waals surface area (Å²) in [6, 6.07) is 8.31. The molecule has 1 heterocycles. The van der Waals surface area contributed by atoms with Crippen LogP contribution in [0.15, 0.2) is 24.3 Å². The van der Waals surface area contributed by atoms with Crippen molar-refractivity contribution in [1.82, 2.24) is 9.62 Å². The normalized spacial score (nSPS) is 20.4. The number of piperidine rings is 1. The van der Waals surface area contributed by atoms with E-state index in [2.05, 4.69) is 10.0 Å². The van der Waals surface area contributed by atoms with Crippen molar-refractivity contribution in [3.8, 4) is 0 Å². The van der Waals surface area contributed by atoms with E-state index < -0.39 is 10.2 Å². The van der Waals surface area contributed by atoms with Crippen molar-refractivity contribution in [1.29, 1.82) is 0 Å². The third kappa shape index (κ3) is 4.18. The minimum absolute atomic E-state index is 0.624. The van der Waals surface area contributed by atoms with Gasteiger partial charge in [-0.15, -0.1) is 0 Å². The van der Waals surface area contributed by atoms with Gasteiger partial charge in [-0.2, -0.15) is 12.7 Å². The summed E-state index contributed by atoms with van der Waals surface area (Å²) < 4.78 is 28.7. The van der Waals surface area contributed by atoms with Gasteiger partial charge in [0.05, 0.1) is 0 Å². The van der Waals surface area contributed by atoms with E-state index in [4.69, 9.17) is 0 Å². The molecule has 1 aromatic rings. The third-order valence-electron chi connectivity index (χ3n) is 4.03. The van der Waals surface area contributed by atoms with Crippen molar-refractivity contribution in [2.75, 3.05) is 17.8 Å². The molecule has 1 aliphatic carbocycles. The van der Waals surface area contributed by atoms with Crippen molar-refractivity contribution in [2.24, 2.45) is 0 Å². The van der Waals surface area contributed by atoms with Crippen LogP contribution in [0.3, 0.4) is 0 Å². The molecule has 1 saturated carbocycles. The molecule has 3 rings (SSSR count). The summed E-state index contributed by atoms with van der Waals surface area (Å²) in [7, 11) is -3.40. The van der Waals surface area contributed by atoms with Gasteiger partial charge in [0.25, 0.3) is 0 Å². The Morgan fingerprint density at radius 3 is 2.33 bits per heavy atom. The van der Waals surface area contributed by atoms with E-state index >= 15 is 0 Å². The average molecular weight is 309 g/mol. The Bertz CT molecular complexity index is 561. The Balaban J connectivity index is 1.58. The molecule has 0 amide bonds. The smallest absolute Gasteiger partial charge is 0.301 e. The molecule has 0 bridgehead atoms. The second-order valence-corrected chi connectivity index (χ2v) is 7.59. The molecule has 5 nitrogen and oxygen atoms in total. The topological polar surface area (TPSA) is 61.4 Å². The molecule has 6 heteroatoms. The first-order valence-corrected chi connectivity index (χ1v) is 9.18. The Hall–Kier alpha value is -1.11. The fourth-order valence-electron chi connectivity index (χ4n) is 2.56. The summed E-state index contributed by atoms with van der Waals surface area (Å²) in [6.45, 7) is 2.10. The number of nitrogens with one attached hydrogen (secondary N) is 2. The zero-order chi connectivity index (χ0) is 14.7. The summed E-state index contributed by atoms with van der Waals surface area (Å²) >= 11 is 0. The van der Waals surface area contributed by atoms with Crippen LogP contribution in [-0.2, 0) is 16.8 Å². The molecule has 2 N–H and O–H groups in total. The Morgan fingerprint density at radius 2 is 1.71 bits per heavy atom. The highest BCUT2D eigenvalue weighted by molar-refractivity contribution is 7.90. The number of hydrogen-bond donors (Lipinski definition) is 2. The van der Waals surface area contributed by atoms with E-state index in [-0.39, 0.29) is 0 Å². The second-order valence-electron chi connectivity index (χ2n) is 5.92. The van der Waals surface area contributed by atoms with Crippen LogP contribution in [0.4, 0.5) is 5.69 Å². The van der Waals surface area contributed by atoms with Gasteiger partial charge in [-0.25, -0.2) is 0 Å². The van der Waals surface area contributed by atoms with Crippen molar-refractivity contribution in [2.45, 2.75) is 44.7 Å². The molecular formula is C15H23N3O2S. The maximum atomic E-state index is 12.3. The van der Waals surface area contributed by atoms with Gasteiger partial charge in [0, 0.05) is 31.4 Å². The van der Waals surface area contributed by atoms with E-state index in [0.717, 1.165) is 25.8 Å². The monoisotopic (exact) mass is 309 g/mol. The van der Waals surface area contributed by atoms with Crippen LogP contribution in [-0.4, -0.2) is 31.9 Å². The van der Waals surface area contributed by atoms with Gasteiger partial charge in [0.15, 0.2) is 0 Å². The number of benzene rings is 1. The van der Waals surface area contributed by atoms with Crippen LogP contribution in [0.1, 0.15) is 37.7 Å². The maximum Gasteiger partial charge on any atom is 0.301 e. The zero-order valence-electron chi connectivity index (χ0n) is 12.2. The molecule has 116 valence electrons. The summed E-state index contributed by atoms with van der Waals surface area (Å²) in [5, 5.41) is 3.45. The first kappa shape index (κ1) is 14.8. The van der Waals surface area contributed by atoms with Crippen molar-refractivity contribution >= 4 is 15.9 Å². The largest absolute Gasteiger partial charge is 0.310 e. The first-order valence-electron chi connectivity index (χ1n) is 7.74. The summed E-state index contributed by atoms with van der Waals surface area (Å²) in [4.78, 5) is 0. The van der Waals surface area contributed by atoms with Crippen molar-refractivity contribution in [3.63, 3.8) is 0 Å². The number of nitrogens with zero attached hydrogens (tertiary/aromatic N) is 1. The predicted molar refractivity (Wildman–Crippen MR) is 84.3 cm³/mol. The lowest BCUT2D eigenvalue weighted by atomic mass is 10.2. The summed E-state index contributed by atoms with van der Waals surface area (Å²) in [5.41, 5.74) is 1.82. The van der Waals surface area contributed by atoms with Crippen molar-refractivity contribution in [3.05, 3.63) is 29.8 Å². The van der Waals surface area contributed by atoms with Crippen molar-refractivity contribution < 1.29 is 8.42 Å². The molecule has 0 atom stereocenters. The molecule has 0 radical (unpaired) electrons. The highest BCUT2D eigenvalue weighted by atomic mass is 32.2. The molecule has 1 saturated heterocycles. The standard InChI is InChI=1S/C15H23N3O2S/c19-21(20,18-10-2-1-3-11-18)17-15-6-4-13(5-7-15)12-16-14-8-9-14/h4-7,14,16-17H,1-3,8-12H2. The molecule has 1 aromatic carbocycles. The van der Waals surface area contributed by atoms with Gasteiger partial charge in [-0.3, -0.25) is 4.72 Å². The Labute approximate surface area is 126 Å². The van der Waals surface area contributed by atoms with E-state index in [1.54, 1.807) is 4.31 Å². The molecule has 1 aliphatic heterocycles. The maximum absolute atomic E-state index is 12.3. The minimum Gasteiger partial charge on any atom is -0.310 e. The summed E-state index contributed by atoms with van der Waals surface area (Å²) in [6.07, 6.45) is 5.56.